The van der Waals surface area contributed by atoms with Gasteiger partial charge in [-0.15, -0.1) is 11.6 Å². The predicted octanol–water partition coefficient (Wildman–Crippen LogP) is 4.97. The van der Waals surface area contributed by atoms with Gasteiger partial charge in [0.2, 0.25) is 0 Å². The van der Waals surface area contributed by atoms with Crippen LogP contribution in [-0.4, -0.2) is 29.6 Å². The van der Waals surface area contributed by atoms with E-state index in [0.717, 1.165) is 4.47 Å². The van der Waals surface area contributed by atoms with E-state index in [1.807, 2.05) is 0 Å². The van der Waals surface area contributed by atoms with E-state index >= 15 is 0 Å². The Morgan fingerprint density at radius 1 is 1.40 bits per heavy atom. The molecule has 1 amide bonds. The zero-order chi connectivity index (χ0) is 15.3. The van der Waals surface area contributed by atoms with Gasteiger partial charge in [0.1, 0.15) is 5.75 Å². The third-order valence-corrected chi connectivity index (χ3v) is 3.23. The molecule has 0 bridgehead atoms. The number of hydrogen-bond donors (Lipinski definition) is 0. The van der Waals surface area contributed by atoms with Crippen LogP contribution in [0.5, 0.6) is 5.75 Å². The van der Waals surface area contributed by atoms with E-state index in [2.05, 4.69) is 20.7 Å². The number of carbonyl (C=O) groups excluding carboxylic acids is 1. The fraction of sp³-hybridized carbons (Fsp3) is 0.364. The smallest absolute Gasteiger partial charge is 0.417 e. The Kier molecular flexibility index (Phi) is 7.01. The lowest BCUT2D eigenvalue weighted by Gasteiger charge is -2.24. The maximum atomic E-state index is 12.0. The third-order valence-electron chi connectivity index (χ3n) is 2.18. The summed E-state index contributed by atoms with van der Waals surface area (Å²) in [6.45, 7) is 0.186. The quantitative estimate of drug-likeness (QED) is 0.639. The lowest BCUT2D eigenvalue weighted by Crippen LogP contribution is -2.35. The average molecular weight is 426 g/mol. The van der Waals surface area contributed by atoms with Crippen LogP contribution in [0.3, 0.4) is 0 Å². The first-order valence-corrected chi connectivity index (χ1v) is 7.71. The molecule has 112 valence electrons. The molecule has 0 aromatic heterocycles. The van der Waals surface area contributed by atoms with Gasteiger partial charge in [0.05, 0.1) is 17.3 Å². The van der Waals surface area contributed by atoms with Crippen molar-refractivity contribution in [1.29, 1.82) is 0 Å². The van der Waals surface area contributed by atoms with Gasteiger partial charge < -0.3 is 9.47 Å². The molecule has 1 aromatic rings. The van der Waals surface area contributed by atoms with Crippen molar-refractivity contribution in [2.45, 2.75) is 3.98 Å². The van der Waals surface area contributed by atoms with E-state index in [4.69, 9.17) is 51.1 Å². The Balaban J connectivity index is 3.04. The van der Waals surface area contributed by atoms with E-state index in [9.17, 15) is 4.79 Å². The van der Waals surface area contributed by atoms with Crippen LogP contribution in [0.15, 0.2) is 22.7 Å². The molecule has 20 heavy (non-hydrogen) atoms. The van der Waals surface area contributed by atoms with Gasteiger partial charge in [0.25, 0.3) is 0 Å². The Morgan fingerprint density at radius 3 is 2.55 bits per heavy atom. The van der Waals surface area contributed by atoms with Gasteiger partial charge >= 0.3 is 10.1 Å². The summed E-state index contributed by atoms with van der Waals surface area (Å²) in [5.41, 5.74) is 0.505. The van der Waals surface area contributed by atoms with Crippen LogP contribution in [0.1, 0.15) is 0 Å². The highest BCUT2D eigenvalue weighted by atomic mass is 79.9. The van der Waals surface area contributed by atoms with Crippen molar-refractivity contribution in [1.82, 2.24) is 0 Å². The molecule has 0 N–H and O–H groups in total. The number of amides is 1. The van der Waals surface area contributed by atoms with Crippen LogP contribution in [0, 0.1) is 0 Å². The molecule has 0 aliphatic carbocycles. The second kappa shape index (κ2) is 7.80. The number of methoxy groups -OCH3 is 1. The Morgan fingerprint density at radius 2 is 2.05 bits per heavy atom. The SMILES string of the molecule is COc1cc(N(CCCl)C(=O)OC(Cl)(Cl)Cl)ccc1Br. The molecule has 9 heteroatoms. The summed E-state index contributed by atoms with van der Waals surface area (Å²) in [5, 5.41) is 0. The van der Waals surface area contributed by atoms with Crippen molar-refractivity contribution in [2.75, 3.05) is 24.4 Å². The highest BCUT2D eigenvalue weighted by Gasteiger charge is 2.29. The summed E-state index contributed by atoms with van der Waals surface area (Å²) in [7, 11) is 1.51. The Hall–Kier alpha value is -0.0700. The van der Waals surface area contributed by atoms with E-state index in [-0.39, 0.29) is 12.4 Å². The fourth-order valence-corrected chi connectivity index (χ4v) is 2.16. The van der Waals surface area contributed by atoms with Gasteiger partial charge in [-0.1, -0.05) is 0 Å². The molecule has 0 aliphatic heterocycles. The van der Waals surface area contributed by atoms with Gasteiger partial charge in [0, 0.05) is 18.5 Å². The van der Waals surface area contributed by atoms with Crippen molar-refractivity contribution in [3.8, 4) is 5.75 Å². The van der Waals surface area contributed by atoms with Gasteiger partial charge in [-0.25, -0.2) is 4.79 Å². The number of halogens is 5. The van der Waals surface area contributed by atoms with Gasteiger partial charge in [-0.05, 0) is 62.9 Å². The number of hydrogen-bond acceptors (Lipinski definition) is 3. The maximum Gasteiger partial charge on any atom is 0.417 e. The van der Waals surface area contributed by atoms with Crippen LogP contribution < -0.4 is 9.64 Å². The molecular formula is C11H10BrCl4NO3. The number of anilines is 1. The van der Waals surface area contributed by atoms with Gasteiger partial charge in [0.15, 0.2) is 0 Å². The van der Waals surface area contributed by atoms with Crippen molar-refractivity contribution >= 4 is 74.1 Å². The van der Waals surface area contributed by atoms with Gasteiger partial charge in [-0.2, -0.15) is 0 Å². The number of rotatable bonds is 4. The summed E-state index contributed by atoms with van der Waals surface area (Å²) in [4.78, 5) is 13.2. The van der Waals surface area contributed by atoms with Crippen LogP contribution in [0.4, 0.5) is 10.5 Å². The lowest BCUT2D eigenvalue weighted by molar-refractivity contribution is 0.152. The summed E-state index contributed by atoms with van der Waals surface area (Å²) in [6, 6.07) is 5.03. The molecule has 1 aromatic carbocycles. The number of benzene rings is 1. The number of ether oxygens (including phenoxy) is 2. The first kappa shape index (κ1) is 18.0. The largest absolute Gasteiger partial charge is 0.495 e. The Bertz CT molecular complexity index is 481. The molecule has 0 aliphatic rings. The second-order valence-corrected chi connectivity index (χ2v) is 6.88. The molecule has 0 fully saturated rings. The minimum Gasteiger partial charge on any atom is -0.495 e. The topological polar surface area (TPSA) is 38.8 Å². The van der Waals surface area contributed by atoms with E-state index in [0.29, 0.717) is 11.4 Å². The summed E-state index contributed by atoms with van der Waals surface area (Å²) in [5.74, 6) is 0.733. The summed E-state index contributed by atoms with van der Waals surface area (Å²) < 4.78 is 8.44. The van der Waals surface area contributed by atoms with Crippen LogP contribution in [-0.2, 0) is 4.74 Å². The number of carbonyl (C=O) groups is 1. The zero-order valence-corrected chi connectivity index (χ0v) is 14.8. The van der Waals surface area contributed by atoms with Crippen LogP contribution >= 0.6 is 62.3 Å². The second-order valence-electron chi connectivity index (χ2n) is 3.47. The highest BCUT2D eigenvalue weighted by molar-refractivity contribution is 9.10. The van der Waals surface area contributed by atoms with E-state index < -0.39 is 10.1 Å². The van der Waals surface area contributed by atoms with E-state index in [1.165, 1.54) is 12.0 Å². The van der Waals surface area contributed by atoms with E-state index in [1.54, 1.807) is 18.2 Å². The number of nitrogens with zero attached hydrogens (tertiary/aromatic N) is 1. The molecule has 0 radical (unpaired) electrons. The van der Waals surface area contributed by atoms with Crippen LogP contribution in [0.2, 0.25) is 0 Å². The third kappa shape index (κ3) is 5.37. The fourth-order valence-electron chi connectivity index (χ4n) is 1.38. The average Bonchev–Trinajstić information content (AvgIpc) is 2.34. The molecule has 0 heterocycles. The molecule has 1 rings (SSSR count). The molecule has 0 atom stereocenters. The first-order valence-electron chi connectivity index (χ1n) is 5.25. The predicted molar refractivity (Wildman–Crippen MR) is 85.5 cm³/mol. The molecule has 4 nitrogen and oxygen atoms in total. The first-order chi connectivity index (χ1) is 9.28. The Labute approximate surface area is 144 Å². The monoisotopic (exact) mass is 423 g/mol. The molecule has 0 unspecified atom stereocenters. The standard InChI is InChI=1S/C11H10BrCl4NO3/c1-19-9-6-7(2-3-8(9)12)17(5-4-13)10(18)20-11(14,15)16/h2-3,6H,4-5H2,1H3. The zero-order valence-electron chi connectivity index (χ0n) is 10.2. The number of alkyl halides is 4. The summed E-state index contributed by atoms with van der Waals surface area (Å²) in [6.07, 6.45) is -0.824. The van der Waals surface area contributed by atoms with Crippen molar-refractivity contribution in [3.63, 3.8) is 0 Å². The minimum atomic E-state index is -2.14. The molecule has 0 spiro atoms. The van der Waals surface area contributed by atoms with Crippen molar-refractivity contribution in [3.05, 3.63) is 22.7 Å². The van der Waals surface area contributed by atoms with Gasteiger partial charge in [-0.3, -0.25) is 4.90 Å². The maximum absolute atomic E-state index is 12.0. The molecule has 0 saturated heterocycles. The van der Waals surface area contributed by atoms with Crippen molar-refractivity contribution in [2.24, 2.45) is 0 Å². The highest BCUT2D eigenvalue weighted by Crippen LogP contribution is 2.32. The van der Waals surface area contributed by atoms with Crippen LogP contribution in [0.25, 0.3) is 0 Å². The minimum absolute atomic E-state index is 0.186. The van der Waals surface area contributed by atoms with Crippen molar-refractivity contribution < 1.29 is 14.3 Å². The lowest BCUT2D eigenvalue weighted by atomic mass is 10.3. The molecular weight excluding hydrogens is 416 g/mol. The summed E-state index contributed by atoms with van der Waals surface area (Å²) >= 11 is 25.3. The normalized spacial score (nSPS) is 11.1. The molecule has 0 saturated carbocycles.